The Morgan fingerprint density at radius 1 is 1.24 bits per heavy atom. The van der Waals surface area contributed by atoms with E-state index in [1.807, 2.05) is 44.3 Å². The van der Waals surface area contributed by atoms with Gasteiger partial charge in [0, 0.05) is 23.8 Å². The van der Waals surface area contributed by atoms with E-state index in [4.69, 9.17) is 5.73 Å². The number of carbonyl (C=O) groups is 1. The molecule has 1 heterocycles. The highest BCUT2D eigenvalue weighted by Gasteiger charge is 2.16. The van der Waals surface area contributed by atoms with Crippen LogP contribution >= 0.6 is 0 Å². The number of nitrogens with one attached hydrogen (secondary N) is 1. The number of hydrogen-bond donors (Lipinski definition) is 2. The zero-order chi connectivity index (χ0) is 15.0. The van der Waals surface area contributed by atoms with Crippen LogP contribution in [0.4, 0.5) is 11.4 Å². The average Bonchev–Trinajstić information content (AvgIpc) is 2.80. The molecule has 1 aromatic heterocycles. The molecule has 0 saturated heterocycles. The number of nitrogen functional groups attached to an aromatic ring is 1. The molecule has 3 rings (SSSR count). The summed E-state index contributed by atoms with van der Waals surface area (Å²) in [7, 11) is 1.83. The van der Waals surface area contributed by atoms with E-state index in [2.05, 4.69) is 10.4 Å². The third kappa shape index (κ3) is 2.33. The molecule has 21 heavy (non-hydrogen) atoms. The summed E-state index contributed by atoms with van der Waals surface area (Å²) in [6.45, 7) is 1.91. The minimum Gasteiger partial charge on any atom is -0.399 e. The second-order valence-corrected chi connectivity index (χ2v) is 5.02. The number of nitrogens with two attached hydrogens (primary N) is 1. The summed E-state index contributed by atoms with van der Waals surface area (Å²) in [6.07, 6.45) is 0. The third-order valence-corrected chi connectivity index (χ3v) is 3.47. The smallest absolute Gasteiger partial charge is 0.276 e. The topological polar surface area (TPSA) is 72.9 Å². The van der Waals surface area contributed by atoms with Crippen molar-refractivity contribution in [3.63, 3.8) is 0 Å². The van der Waals surface area contributed by atoms with Crippen LogP contribution in [0.25, 0.3) is 10.9 Å². The highest BCUT2D eigenvalue weighted by Crippen LogP contribution is 2.21. The maximum atomic E-state index is 12.5. The Balaban J connectivity index is 1.98. The fourth-order valence-electron chi connectivity index (χ4n) is 2.39. The highest BCUT2D eigenvalue weighted by atomic mass is 16.2. The molecule has 0 unspecified atom stereocenters. The van der Waals surface area contributed by atoms with Gasteiger partial charge in [-0.15, -0.1) is 0 Å². The molecule has 5 nitrogen and oxygen atoms in total. The summed E-state index contributed by atoms with van der Waals surface area (Å²) < 4.78 is 1.71. The van der Waals surface area contributed by atoms with Gasteiger partial charge in [-0.2, -0.15) is 5.10 Å². The Bertz CT molecular complexity index is 835. The van der Waals surface area contributed by atoms with Crippen molar-refractivity contribution in [2.45, 2.75) is 6.92 Å². The summed E-state index contributed by atoms with van der Waals surface area (Å²) in [5.41, 5.74) is 9.40. The molecule has 2 aromatic carbocycles. The summed E-state index contributed by atoms with van der Waals surface area (Å²) in [6, 6.07) is 13.0. The van der Waals surface area contributed by atoms with Crippen molar-refractivity contribution < 1.29 is 4.79 Å². The molecule has 0 aliphatic carbocycles. The maximum Gasteiger partial charge on any atom is 0.276 e. The summed E-state index contributed by atoms with van der Waals surface area (Å²) >= 11 is 0. The molecule has 3 N–H and O–H groups in total. The van der Waals surface area contributed by atoms with Crippen molar-refractivity contribution in [1.29, 1.82) is 0 Å². The standard InChI is InChI=1S/C16H16N4O/c1-10-9-11(17)7-8-13(10)18-16(21)15-12-5-3-4-6-14(12)20(2)19-15/h3-9H,17H2,1-2H3,(H,18,21). The zero-order valence-corrected chi connectivity index (χ0v) is 11.9. The van der Waals surface area contributed by atoms with Crippen LogP contribution in [0.15, 0.2) is 42.5 Å². The minimum atomic E-state index is -0.223. The molecule has 5 heteroatoms. The molecule has 0 fully saturated rings. The van der Waals surface area contributed by atoms with Crippen molar-refractivity contribution in [1.82, 2.24) is 9.78 Å². The Labute approximate surface area is 122 Å². The summed E-state index contributed by atoms with van der Waals surface area (Å²) in [5, 5.41) is 8.04. The van der Waals surface area contributed by atoms with Gasteiger partial charge in [-0.05, 0) is 36.8 Å². The first-order valence-electron chi connectivity index (χ1n) is 6.65. The molecule has 0 saturated carbocycles. The Kier molecular flexibility index (Phi) is 3.10. The van der Waals surface area contributed by atoms with Crippen molar-refractivity contribution in [2.24, 2.45) is 7.05 Å². The Morgan fingerprint density at radius 3 is 2.76 bits per heavy atom. The van der Waals surface area contributed by atoms with Gasteiger partial charge in [-0.25, -0.2) is 0 Å². The Hall–Kier alpha value is -2.82. The number of fused-ring (bicyclic) bond motifs is 1. The average molecular weight is 280 g/mol. The molecule has 0 aliphatic rings. The molecular formula is C16H16N4O. The predicted molar refractivity (Wildman–Crippen MR) is 84.3 cm³/mol. The summed E-state index contributed by atoms with van der Waals surface area (Å²) in [5.74, 6) is -0.223. The SMILES string of the molecule is Cc1cc(N)ccc1NC(=O)c1nn(C)c2ccccc12. The van der Waals surface area contributed by atoms with Gasteiger partial charge in [-0.1, -0.05) is 18.2 Å². The molecular weight excluding hydrogens is 264 g/mol. The van der Waals surface area contributed by atoms with Gasteiger partial charge in [0.15, 0.2) is 5.69 Å². The molecule has 0 radical (unpaired) electrons. The number of aromatic nitrogens is 2. The third-order valence-electron chi connectivity index (χ3n) is 3.47. The second kappa shape index (κ2) is 4.94. The van der Waals surface area contributed by atoms with Gasteiger partial charge in [0.1, 0.15) is 0 Å². The number of aryl methyl sites for hydroxylation is 2. The van der Waals surface area contributed by atoms with Gasteiger partial charge in [0.2, 0.25) is 0 Å². The first kappa shape index (κ1) is 13.2. The number of rotatable bonds is 2. The van der Waals surface area contributed by atoms with E-state index in [0.29, 0.717) is 11.4 Å². The van der Waals surface area contributed by atoms with Crippen LogP contribution in [0.3, 0.4) is 0 Å². The monoisotopic (exact) mass is 280 g/mol. The number of para-hydroxylation sites is 1. The molecule has 0 atom stereocenters. The highest BCUT2D eigenvalue weighted by molar-refractivity contribution is 6.11. The fraction of sp³-hybridized carbons (Fsp3) is 0.125. The summed E-state index contributed by atoms with van der Waals surface area (Å²) in [4.78, 5) is 12.5. The quantitative estimate of drug-likeness (QED) is 0.709. The maximum absolute atomic E-state index is 12.5. The lowest BCUT2D eigenvalue weighted by Crippen LogP contribution is -2.14. The van der Waals surface area contributed by atoms with Crippen molar-refractivity contribution in [3.05, 3.63) is 53.7 Å². The lowest BCUT2D eigenvalue weighted by atomic mass is 10.1. The molecule has 0 bridgehead atoms. The van der Waals surface area contributed by atoms with E-state index >= 15 is 0 Å². The van der Waals surface area contributed by atoms with E-state index in [9.17, 15) is 4.79 Å². The van der Waals surface area contributed by atoms with Crippen LogP contribution in [0.5, 0.6) is 0 Å². The van der Waals surface area contributed by atoms with Gasteiger partial charge in [0.05, 0.1) is 5.52 Å². The van der Waals surface area contributed by atoms with E-state index in [-0.39, 0.29) is 5.91 Å². The molecule has 106 valence electrons. The van der Waals surface area contributed by atoms with Gasteiger partial charge in [-0.3, -0.25) is 9.48 Å². The van der Waals surface area contributed by atoms with E-state index in [1.165, 1.54) is 0 Å². The predicted octanol–water partition coefficient (Wildman–Crippen LogP) is 2.72. The van der Waals surface area contributed by atoms with Crippen LogP contribution in [0.1, 0.15) is 16.1 Å². The van der Waals surface area contributed by atoms with Crippen molar-refractivity contribution in [3.8, 4) is 0 Å². The van der Waals surface area contributed by atoms with Crippen LogP contribution in [0.2, 0.25) is 0 Å². The van der Waals surface area contributed by atoms with E-state index in [1.54, 1.807) is 16.8 Å². The fourth-order valence-corrected chi connectivity index (χ4v) is 2.39. The largest absolute Gasteiger partial charge is 0.399 e. The van der Waals surface area contributed by atoms with Gasteiger partial charge < -0.3 is 11.1 Å². The van der Waals surface area contributed by atoms with E-state index < -0.39 is 0 Å². The van der Waals surface area contributed by atoms with Crippen LogP contribution in [-0.4, -0.2) is 15.7 Å². The van der Waals surface area contributed by atoms with Gasteiger partial charge >= 0.3 is 0 Å². The van der Waals surface area contributed by atoms with Gasteiger partial charge in [0.25, 0.3) is 5.91 Å². The lowest BCUT2D eigenvalue weighted by Gasteiger charge is -2.07. The minimum absolute atomic E-state index is 0.223. The van der Waals surface area contributed by atoms with Crippen molar-refractivity contribution >= 4 is 28.2 Å². The second-order valence-electron chi connectivity index (χ2n) is 5.02. The number of anilines is 2. The molecule has 0 aliphatic heterocycles. The molecule has 0 spiro atoms. The molecule has 1 amide bonds. The molecule has 3 aromatic rings. The van der Waals surface area contributed by atoms with Crippen molar-refractivity contribution in [2.75, 3.05) is 11.1 Å². The normalized spacial score (nSPS) is 10.8. The zero-order valence-electron chi connectivity index (χ0n) is 11.9. The van der Waals surface area contributed by atoms with Crippen LogP contribution < -0.4 is 11.1 Å². The number of hydrogen-bond acceptors (Lipinski definition) is 3. The number of nitrogens with zero attached hydrogens (tertiary/aromatic N) is 2. The Morgan fingerprint density at radius 2 is 2.00 bits per heavy atom. The van der Waals surface area contributed by atoms with E-state index in [0.717, 1.165) is 22.2 Å². The number of amides is 1. The first-order valence-corrected chi connectivity index (χ1v) is 6.65. The number of carbonyl (C=O) groups excluding carboxylic acids is 1. The van der Waals surface area contributed by atoms with Crippen LogP contribution in [0, 0.1) is 6.92 Å². The lowest BCUT2D eigenvalue weighted by molar-refractivity contribution is 0.102. The number of benzene rings is 2. The van der Waals surface area contributed by atoms with Crippen LogP contribution in [-0.2, 0) is 7.05 Å². The first-order chi connectivity index (χ1) is 10.1.